The van der Waals surface area contributed by atoms with Crippen LogP contribution in [0.3, 0.4) is 0 Å². The van der Waals surface area contributed by atoms with E-state index in [2.05, 4.69) is 4.74 Å². The van der Waals surface area contributed by atoms with Crippen LogP contribution in [-0.4, -0.2) is 24.8 Å². The van der Waals surface area contributed by atoms with Crippen molar-refractivity contribution in [2.24, 2.45) is 4.74 Å². The number of aliphatic hydroxyl groups excluding tert-OH is 1. The first-order chi connectivity index (χ1) is 13.3. The maximum Gasteiger partial charge on any atom is 1.00 e. The van der Waals surface area contributed by atoms with Gasteiger partial charge in [0.05, 0.1) is 0 Å². The van der Waals surface area contributed by atoms with Gasteiger partial charge in [-0.1, -0.05) is 30.3 Å². The molecule has 1 unspecified atom stereocenters. The van der Waals surface area contributed by atoms with E-state index in [0.717, 1.165) is 11.1 Å². The first kappa shape index (κ1) is 25.1. The molecule has 0 saturated carbocycles. The average molecular weight is 426 g/mol. The molecular weight excluding hydrogens is 404 g/mol. The summed E-state index contributed by atoms with van der Waals surface area (Å²) in [7, 11) is -0.944. The molecule has 0 aliphatic rings. The van der Waals surface area contributed by atoms with Crippen molar-refractivity contribution in [3.63, 3.8) is 0 Å². The van der Waals surface area contributed by atoms with Gasteiger partial charge in [-0.05, 0) is 54.7 Å². The second-order valence-electron chi connectivity index (χ2n) is 6.09. The fraction of sp³-hybridized carbons (Fsp3) is 0.250. The van der Waals surface area contributed by atoms with Crippen LogP contribution < -0.4 is 48.8 Å². The van der Waals surface area contributed by atoms with Crippen molar-refractivity contribution in [1.82, 2.24) is 0 Å². The minimum absolute atomic E-state index is 0. The fourth-order valence-electron chi connectivity index (χ4n) is 2.35. The molecule has 9 heteroatoms. The van der Waals surface area contributed by atoms with Gasteiger partial charge in [0.1, 0.15) is 11.5 Å². The van der Waals surface area contributed by atoms with E-state index in [1.54, 1.807) is 62.2 Å². The molecule has 150 valence electrons. The first-order valence-corrected chi connectivity index (χ1v) is 10.6. The molecule has 2 aromatic rings. The Kier molecular flexibility index (Phi) is 10.3. The van der Waals surface area contributed by atoms with Crippen molar-refractivity contribution in [2.45, 2.75) is 19.3 Å². The van der Waals surface area contributed by atoms with Gasteiger partial charge in [0.2, 0.25) is 0 Å². The number of hydrogen-bond donors (Lipinski definition) is 1. The second kappa shape index (κ2) is 11.9. The third-order valence-corrected chi connectivity index (χ3v) is 5.72. The minimum Gasteiger partial charge on any atom is -0.629 e. The Morgan fingerprint density at radius 3 is 1.93 bits per heavy atom. The van der Waals surface area contributed by atoms with Crippen LogP contribution in [0.15, 0.2) is 65.3 Å². The smallest absolute Gasteiger partial charge is 0.629 e. The van der Waals surface area contributed by atoms with Gasteiger partial charge in [0, 0.05) is 25.6 Å². The van der Waals surface area contributed by atoms with Crippen molar-refractivity contribution < 1.29 is 58.7 Å². The molecule has 0 radical (unpaired) electrons. The number of carbonyl (C=O) groups excluding carboxylic acids is 1. The third kappa shape index (κ3) is 8.96. The summed E-state index contributed by atoms with van der Waals surface area (Å²) in [4.78, 5) is 10.5. The number of hydrogen-bond acceptors (Lipinski definition) is 7. The van der Waals surface area contributed by atoms with Crippen LogP contribution in [0, 0.1) is 0 Å². The average Bonchev–Trinajstić information content (AvgIpc) is 2.67. The molecule has 1 atom stereocenters. The molecule has 0 heterocycles. The Bertz CT molecular complexity index is 877. The zero-order chi connectivity index (χ0) is 20.6. The molecule has 0 saturated heterocycles. The maximum atomic E-state index is 10.6. The van der Waals surface area contributed by atoms with E-state index in [-0.39, 0.29) is 36.0 Å². The van der Waals surface area contributed by atoms with Crippen LogP contribution in [0.1, 0.15) is 17.5 Å². The molecule has 0 fully saturated rings. The van der Waals surface area contributed by atoms with Gasteiger partial charge >= 0.3 is 37.1 Å². The van der Waals surface area contributed by atoms with Crippen molar-refractivity contribution >= 4 is 13.5 Å². The van der Waals surface area contributed by atoms with Gasteiger partial charge in [-0.25, -0.2) is 4.74 Å². The van der Waals surface area contributed by atoms with E-state index < -0.39 is 19.4 Å². The van der Waals surface area contributed by atoms with Gasteiger partial charge in [-0.15, -0.1) is 0 Å². The number of rotatable bonds is 9. The summed E-state index contributed by atoms with van der Waals surface area (Å²) >= 11 is 0. The van der Waals surface area contributed by atoms with Gasteiger partial charge < -0.3 is 29.2 Å². The number of nitrogens with zero attached hydrogens (tertiary/aromatic N) is 1. The SMILES string of the molecule is CN=P(C)(Oc1ccc(CC=C([O-])O)cc1)Oc1ccc(CCC(=O)[O-])cc1.[Na+]. The predicted octanol–water partition coefficient (Wildman–Crippen LogP) is -0.576. The Morgan fingerprint density at radius 2 is 1.52 bits per heavy atom. The van der Waals surface area contributed by atoms with Crippen molar-refractivity contribution in [2.75, 3.05) is 13.7 Å². The number of aryl methyl sites for hydroxylation is 1. The van der Waals surface area contributed by atoms with Gasteiger partial charge in [-0.3, -0.25) is 0 Å². The van der Waals surface area contributed by atoms with Crippen LogP contribution in [0.2, 0.25) is 0 Å². The molecule has 0 aromatic heterocycles. The molecule has 0 spiro atoms. The molecule has 29 heavy (non-hydrogen) atoms. The number of carbonyl (C=O) groups is 1. The number of aliphatic carboxylic acids is 1. The van der Waals surface area contributed by atoms with E-state index in [1.807, 2.05) is 0 Å². The van der Waals surface area contributed by atoms with Gasteiger partial charge in [0.15, 0.2) is 0 Å². The third-order valence-electron chi connectivity index (χ3n) is 3.89. The Labute approximate surface area is 192 Å². The van der Waals surface area contributed by atoms with Crippen LogP contribution >= 0.6 is 7.51 Å². The van der Waals surface area contributed by atoms with Crippen molar-refractivity contribution in [1.29, 1.82) is 0 Å². The second-order valence-corrected chi connectivity index (χ2v) is 8.46. The molecule has 2 aromatic carbocycles. The van der Waals surface area contributed by atoms with E-state index in [4.69, 9.17) is 14.2 Å². The Hall–Kier alpha value is -1.92. The number of aliphatic hydroxyl groups is 1. The van der Waals surface area contributed by atoms with Crippen molar-refractivity contribution in [3.05, 3.63) is 71.7 Å². The van der Waals surface area contributed by atoms with Crippen LogP contribution in [-0.2, 0) is 17.6 Å². The summed E-state index contributed by atoms with van der Waals surface area (Å²) in [6, 6.07) is 14.2. The molecular formula is C20H22NNaO6P-. The number of benzene rings is 2. The number of carboxylic acids is 1. The Balaban J connectivity index is 0.00000420. The van der Waals surface area contributed by atoms with Crippen molar-refractivity contribution in [3.8, 4) is 11.5 Å². The molecule has 7 nitrogen and oxygen atoms in total. The van der Waals surface area contributed by atoms with Gasteiger partial charge in [0.25, 0.3) is 0 Å². The first-order valence-electron chi connectivity index (χ1n) is 8.60. The summed E-state index contributed by atoms with van der Waals surface area (Å²) in [5, 5.41) is 29.8. The largest absolute Gasteiger partial charge is 1.00 e. The molecule has 0 aliphatic carbocycles. The van der Waals surface area contributed by atoms with Gasteiger partial charge in [-0.2, -0.15) is 0 Å². The standard InChI is InChI=1S/C20H24NO6P.Na/c1-21-28(2,26-17-9-3-15(4-10-17)7-13-19(22)23)27-18-11-5-16(6-12-18)8-14-20(24)25;/h3-6,9-13,22-23H,7-8,14H2,1-2H3,(H,24,25);/q;+1/p-2. The van der Waals surface area contributed by atoms with E-state index in [1.165, 1.54) is 6.08 Å². The molecule has 2 rings (SSSR count). The Morgan fingerprint density at radius 1 is 1.03 bits per heavy atom. The molecule has 0 bridgehead atoms. The zero-order valence-corrected chi connectivity index (χ0v) is 19.6. The summed E-state index contributed by atoms with van der Waals surface area (Å²) < 4.78 is 16.2. The zero-order valence-electron chi connectivity index (χ0n) is 16.7. The monoisotopic (exact) mass is 426 g/mol. The topological polar surface area (TPSA) is 114 Å². The quantitative estimate of drug-likeness (QED) is 0.326. The predicted molar refractivity (Wildman–Crippen MR) is 103 cm³/mol. The molecule has 0 aliphatic heterocycles. The summed E-state index contributed by atoms with van der Waals surface area (Å²) in [6.45, 7) is 1.78. The summed E-state index contributed by atoms with van der Waals surface area (Å²) in [6.07, 6.45) is 1.89. The van der Waals surface area contributed by atoms with E-state index in [9.17, 15) is 15.0 Å². The normalized spacial score (nSPS) is 13.0. The number of allylic oxidation sites excluding steroid dienone is 1. The van der Waals surface area contributed by atoms with Crippen LogP contribution in [0.25, 0.3) is 0 Å². The summed E-state index contributed by atoms with van der Waals surface area (Å²) in [5.41, 5.74) is 1.73. The summed E-state index contributed by atoms with van der Waals surface area (Å²) in [5.74, 6) is -0.885. The molecule has 0 amide bonds. The van der Waals surface area contributed by atoms with Crippen LogP contribution in [0.5, 0.6) is 11.5 Å². The van der Waals surface area contributed by atoms with E-state index >= 15 is 0 Å². The van der Waals surface area contributed by atoms with Crippen LogP contribution in [0.4, 0.5) is 0 Å². The van der Waals surface area contributed by atoms with E-state index in [0.29, 0.717) is 24.3 Å². The number of carboxylic acid groups (broad SMARTS) is 1. The molecule has 1 N–H and O–H groups in total. The minimum atomic E-state index is -2.57. The maximum absolute atomic E-state index is 10.6. The fourth-order valence-corrected chi connectivity index (χ4v) is 3.57.